The first kappa shape index (κ1) is 12.8. The second kappa shape index (κ2) is 5.36. The van der Waals surface area contributed by atoms with E-state index < -0.39 is 0 Å². The van der Waals surface area contributed by atoms with Crippen LogP contribution in [0.2, 0.25) is 0 Å². The SMILES string of the molecule is Cc1c(F)cc(C#N)cc1NC1CCCC1CN. The molecule has 1 aliphatic carbocycles. The first-order valence-corrected chi connectivity index (χ1v) is 6.32. The zero-order valence-corrected chi connectivity index (χ0v) is 10.5. The molecule has 0 spiro atoms. The third kappa shape index (κ3) is 2.46. The lowest BCUT2D eigenvalue weighted by molar-refractivity contribution is 0.516. The van der Waals surface area contributed by atoms with Crippen LogP contribution in [0.15, 0.2) is 12.1 Å². The Labute approximate surface area is 107 Å². The number of hydrogen-bond donors (Lipinski definition) is 2. The highest BCUT2D eigenvalue weighted by molar-refractivity contribution is 5.56. The lowest BCUT2D eigenvalue weighted by Gasteiger charge is -2.22. The van der Waals surface area contributed by atoms with E-state index in [-0.39, 0.29) is 5.82 Å². The van der Waals surface area contributed by atoms with Gasteiger partial charge in [0.25, 0.3) is 0 Å². The Bertz CT molecular complexity index is 479. The molecule has 0 radical (unpaired) electrons. The van der Waals surface area contributed by atoms with E-state index in [0.717, 1.165) is 24.9 Å². The fourth-order valence-electron chi connectivity index (χ4n) is 2.60. The normalized spacial score (nSPS) is 22.8. The summed E-state index contributed by atoms with van der Waals surface area (Å²) >= 11 is 0. The van der Waals surface area contributed by atoms with Crippen LogP contribution >= 0.6 is 0 Å². The first-order chi connectivity index (χ1) is 8.65. The maximum Gasteiger partial charge on any atom is 0.129 e. The van der Waals surface area contributed by atoms with Crippen LogP contribution in [0.1, 0.15) is 30.4 Å². The largest absolute Gasteiger partial charge is 0.382 e. The molecule has 96 valence electrons. The molecule has 1 fully saturated rings. The maximum absolute atomic E-state index is 13.7. The molecule has 0 aromatic heterocycles. The van der Waals surface area contributed by atoms with Gasteiger partial charge in [-0.2, -0.15) is 5.26 Å². The minimum atomic E-state index is -0.334. The van der Waals surface area contributed by atoms with Gasteiger partial charge in [-0.25, -0.2) is 4.39 Å². The number of anilines is 1. The van der Waals surface area contributed by atoms with Gasteiger partial charge in [-0.05, 0) is 44.4 Å². The fourth-order valence-corrected chi connectivity index (χ4v) is 2.60. The highest BCUT2D eigenvalue weighted by atomic mass is 19.1. The van der Waals surface area contributed by atoms with Gasteiger partial charge >= 0.3 is 0 Å². The van der Waals surface area contributed by atoms with Crippen molar-refractivity contribution in [3.63, 3.8) is 0 Å². The van der Waals surface area contributed by atoms with Crippen molar-refractivity contribution >= 4 is 5.69 Å². The van der Waals surface area contributed by atoms with Crippen LogP contribution in [0.4, 0.5) is 10.1 Å². The molecular formula is C14H18FN3. The Balaban J connectivity index is 2.23. The Morgan fingerprint density at radius 3 is 2.94 bits per heavy atom. The summed E-state index contributed by atoms with van der Waals surface area (Å²) in [5, 5.41) is 12.2. The van der Waals surface area contributed by atoms with Crippen LogP contribution in [-0.4, -0.2) is 12.6 Å². The molecule has 3 nitrogen and oxygen atoms in total. The smallest absolute Gasteiger partial charge is 0.129 e. The number of nitrogens with two attached hydrogens (primary N) is 1. The van der Waals surface area contributed by atoms with E-state index in [2.05, 4.69) is 5.32 Å². The number of rotatable bonds is 3. The van der Waals surface area contributed by atoms with Gasteiger partial charge in [0.15, 0.2) is 0 Å². The number of nitrogens with zero attached hydrogens (tertiary/aromatic N) is 1. The van der Waals surface area contributed by atoms with E-state index in [1.807, 2.05) is 6.07 Å². The fraction of sp³-hybridized carbons (Fsp3) is 0.500. The standard InChI is InChI=1S/C14H18FN3/c1-9-12(15)5-10(7-16)6-14(9)18-13-4-2-3-11(13)8-17/h5-6,11,13,18H,2-4,8,17H2,1H3. The van der Waals surface area contributed by atoms with Crippen LogP contribution in [0, 0.1) is 30.0 Å². The quantitative estimate of drug-likeness (QED) is 0.862. The Kier molecular flexibility index (Phi) is 3.83. The van der Waals surface area contributed by atoms with Crippen molar-refractivity contribution in [3.8, 4) is 6.07 Å². The van der Waals surface area contributed by atoms with Crippen molar-refractivity contribution in [2.45, 2.75) is 32.2 Å². The summed E-state index contributed by atoms with van der Waals surface area (Å²) in [4.78, 5) is 0. The van der Waals surface area contributed by atoms with Crippen molar-refractivity contribution < 1.29 is 4.39 Å². The van der Waals surface area contributed by atoms with Gasteiger partial charge in [0, 0.05) is 17.3 Å². The minimum Gasteiger partial charge on any atom is -0.382 e. The molecule has 0 bridgehead atoms. The van der Waals surface area contributed by atoms with Crippen LogP contribution in [0.25, 0.3) is 0 Å². The van der Waals surface area contributed by atoms with Crippen LogP contribution in [-0.2, 0) is 0 Å². The molecule has 0 aliphatic heterocycles. The molecule has 18 heavy (non-hydrogen) atoms. The summed E-state index contributed by atoms with van der Waals surface area (Å²) in [5.74, 6) is 0.108. The lowest BCUT2D eigenvalue weighted by atomic mass is 10.0. The maximum atomic E-state index is 13.7. The van der Waals surface area contributed by atoms with Gasteiger partial charge in [0.1, 0.15) is 5.82 Å². The third-order valence-corrected chi connectivity index (χ3v) is 3.78. The molecule has 2 unspecified atom stereocenters. The number of halogens is 1. The molecule has 4 heteroatoms. The average molecular weight is 247 g/mol. The molecule has 0 saturated heterocycles. The number of benzene rings is 1. The molecule has 1 aromatic carbocycles. The van der Waals surface area contributed by atoms with Crippen molar-refractivity contribution in [1.82, 2.24) is 0 Å². The average Bonchev–Trinajstić information content (AvgIpc) is 2.81. The van der Waals surface area contributed by atoms with E-state index in [9.17, 15) is 4.39 Å². The molecule has 1 aromatic rings. The van der Waals surface area contributed by atoms with Gasteiger partial charge in [-0.15, -0.1) is 0 Å². The highest BCUT2D eigenvalue weighted by Gasteiger charge is 2.26. The molecule has 1 aliphatic rings. The monoisotopic (exact) mass is 247 g/mol. The van der Waals surface area contributed by atoms with Crippen LogP contribution < -0.4 is 11.1 Å². The summed E-state index contributed by atoms with van der Waals surface area (Å²) in [7, 11) is 0. The Hall–Kier alpha value is -1.60. The van der Waals surface area contributed by atoms with Crippen LogP contribution in [0.3, 0.4) is 0 Å². The number of nitrogens with one attached hydrogen (secondary N) is 1. The molecule has 3 N–H and O–H groups in total. The van der Waals surface area contributed by atoms with E-state index in [1.165, 1.54) is 6.07 Å². The summed E-state index contributed by atoms with van der Waals surface area (Å²) < 4.78 is 13.7. The van der Waals surface area contributed by atoms with E-state index in [0.29, 0.717) is 29.6 Å². The van der Waals surface area contributed by atoms with E-state index in [4.69, 9.17) is 11.0 Å². The van der Waals surface area contributed by atoms with Crippen molar-refractivity contribution in [1.29, 1.82) is 5.26 Å². The summed E-state index contributed by atoms with van der Waals surface area (Å²) in [6.07, 6.45) is 3.33. The molecule has 2 atom stereocenters. The molecule has 1 saturated carbocycles. The van der Waals surface area contributed by atoms with Crippen molar-refractivity contribution in [2.75, 3.05) is 11.9 Å². The highest BCUT2D eigenvalue weighted by Crippen LogP contribution is 2.30. The summed E-state index contributed by atoms with van der Waals surface area (Å²) in [6, 6.07) is 5.26. The van der Waals surface area contributed by atoms with Crippen molar-refractivity contribution in [3.05, 3.63) is 29.1 Å². The third-order valence-electron chi connectivity index (χ3n) is 3.78. The zero-order valence-electron chi connectivity index (χ0n) is 10.5. The van der Waals surface area contributed by atoms with E-state index in [1.54, 1.807) is 13.0 Å². The Morgan fingerprint density at radius 2 is 2.28 bits per heavy atom. The van der Waals surface area contributed by atoms with Crippen LogP contribution in [0.5, 0.6) is 0 Å². The topological polar surface area (TPSA) is 61.8 Å². The van der Waals surface area contributed by atoms with Gasteiger partial charge in [-0.3, -0.25) is 0 Å². The molecule has 0 heterocycles. The van der Waals surface area contributed by atoms with Crippen molar-refractivity contribution in [2.24, 2.45) is 11.7 Å². The number of hydrogen-bond acceptors (Lipinski definition) is 3. The second-order valence-corrected chi connectivity index (χ2v) is 4.92. The Morgan fingerprint density at radius 1 is 1.50 bits per heavy atom. The predicted octanol–water partition coefficient (Wildman–Crippen LogP) is 2.55. The summed E-state index contributed by atoms with van der Waals surface area (Å²) in [6.45, 7) is 2.38. The van der Waals surface area contributed by atoms with Gasteiger partial charge in [0.2, 0.25) is 0 Å². The van der Waals surface area contributed by atoms with E-state index >= 15 is 0 Å². The number of nitriles is 1. The van der Waals surface area contributed by atoms with Gasteiger partial charge < -0.3 is 11.1 Å². The first-order valence-electron chi connectivity index (χ1n) is 6.32. The van der Waals surface area contributed by atoms with Gasteiger partial charge in [0.05, 0.1) is 11.6 Å². The van der Waals surface area contributed by atoms with Gasteiger partial charge in [-0.1, -0.05) is 6.42 Å². The molecule has 0 amide bonds. The predicted molar refractivity (Wildman–Crippen MR) is 69.7 cm³/mol. The second-order valence-electron chi connectivity index (χ2n) is 4.92. The molecule has 2 rings (SSSR count). The lowest BCUT2D eigenvalue weighted by Crippen LogP contribution is -2.29. The molecular weight excluding hydrogens is 229 g/mol. The zero-order chi connectivity index (χ0) is 13.1. The summed E-state index contributed by atoms with van der Waals surface area (Å²) in [5.41, 5.74) is 7.37. The minimum absolute atomic E-state index is 0.294.